The highest BCUT2D eigenvalue weighted by atomic mass is 127. The second-order valence-electron chi connectivity index (χ2n) is 6.47. The zero-order valence-electron chi connectivity index (χ0n) is 16.4. The van der Waals surface area contributed by atoms with Crippen LogP contribution >= 0.6 is 24.0 Å². The van der Waals surface area contributed by atoms with Gasteiger partial charge in [-0.2, -0.15) is 0 Å². The van der Waals surface area contributed by atoms with E-state index in [1.54, 1.807) is 6.08 Å². The molecule has 0 spiro atoms. The van der Waals surface area contributed by atoms with Crippen LogP contribution in [-0.2, 0) is 23.1 Å². The normalized spacial score (nSPS) is 15.3. The molecule has 1 aliphatic rings. The van der Waals surface area contributed by atoms with Gasteiger partial charge in [0.2, 0.25) is 0 Å². The summed E-state index contributed by atoms with van der Waals surface area (Å²) in [6.07, 6.45) is 4.96. The second kappa shape index (κ2) is 13.9. The molecule has 2 heterocycles. The Morgan fingerprint density at radius 2 is 2.15 bits per heavy atom. The summed E-state index contributed by atoms with van der Waals surface area (Å²) in [6, 6.07) is 0. The number of aryl methyl sites for hydroxylation is 1. The van der Waals surface area contributed by atoms with E-state index in [-0.39, 0.29) is 24.0 Å². The van der Waals surface area contributed by atoms with E-state index in [1.807, 2.05) is 18.5 Å². The minimum atomic E-state index is 0. The predicted octanol–water partition coefficient (Wildman–Crippen LogP) is 1.80. The van der Waals surface area contributed by atoms with Gasteiger partial charge in [0, 0.05) is 46.6 Å². The molecule has 154 valence electrons. The van der Waals surface area contributed by atoms with Gasteiger partial charge in [-0.05, 0) is 32.1 Å². The molecule has 0 bridgehead atoms. The number of halogens is 1. The number of rotatable bonds is 10. The highest BCUT2D eigenvalue weighted by Gasteiger charge is 2.13. The van der Waals surface area contributed by atoms with Crippen molar-refractivity contribution in [2.24, 2.45) is 18.0 Å². The van der Waals surface area contributed by atoms with Crippen LogP contribution < -0.4 is 10.6 Å². The molecule has 1 fully saturated rings. The summed E-state index contributed by atoms with van der Waals surface area (Å²) < 4.78 is 13.1. The van der Waals surface area contributed by atoms with E-state index >= 15 is 0 Å². The van der Waals surface area contributed by atoms with Crippen LogP contribution in [0.15, 0.2) is 17.6 Å². The van der Waals surface area contributed by atoms with Crippen LogP contribution in [0.25, 0.3) is 0 Å². The van der Waals surface area contributed by atoms with E-state index in [2.05, 4.69) is 32.4 Å². The Bertz CT molecular complexity index is 572. The number of ether oxygens (including phenoxy) is 2. The maximum absolute atomic E-state index is 5.79. The Morgan fingerprint density at radius 1 is 1.37 bits per heavy atom. The third-order valence-corrected chi connectivity index (χ3v) is 4.43. The van der Waals surface area contributed by atoms with Crippen molar-refractivity contribution in [2.75, 3.05) is 39.5 Å². The van der Waals surface area contributed by atoms with Crippen molar-refractivity contribution in [1.29, 1.82) is 0 Å². The molecule has 1 aliphatic heterocycles. The van der Waals surface area contributed by atoms with Gasteiger partial charge in [-0.1, -0.05) is 6.08 Å². The quantitative estimate of drug-likeness (QED) is 0.170. The summed E-state index contributed by atoms with van der Waals surface area (Å²) in [4.78, 5) is 4.57. The molecule has 2 rings (SSSR count). The third kappa shape index (κ3) is 9.02. The molecule has 0 unspecified atom stereocenters. The third-order valence-electron chi connectivity index (χ3n) is 4.43. The van der Waals surface area contributed by atoms with E-state index in [1.165, 1.54) is 0 Å². The van der Waals surface area contributed by atoms with Crippen LogP contribution in [-0.4, -0.2) is 60.2 Å². The maximum Gasteiger partial charge on any atom is 0.191 e. The van der Waals surface area contributed by atoms with Gasteiger partial charge in [0.05, 0.1) is 0 Å². The van der Waals surface area contributed by atoms with Crippen molar-refractivity contribution in [3.8, 4) is 0 Å². The van der Waals surface area contributed by atoms with Crippen molar-refractivity contribution in [1.82, 2.24) is 25.4 Å². The predicted molar refractivity (Wildman–Crippen MR) is 117 cm³/mol. The SMILES string of the molecule is C=CCNC(=NCc1nnc(C)n1C)NCCCOCC1CCOCC1.I. The van der Waals surface area contributed by atoms with Gasteiger partial charge in [0.25, 0.3) is 0 Å². The molecule has 0 saturated carbocycles. The van der Waals surface area contributed by atoms with E-state index in [0.29, 0.717) is 19.0 Å². The van der Waals surface area contributed by atoms with Gasteiger partial charge < -0.3 is 24.7 Å². The van der Waals surface area contributed by atoms with Crippen LogP contribution in [0.4, 0.5) is 0 Å². The lowest BCUT2D eigenvalue weighted by Gasteiger charge is -2.21. The number of hydrogen-bond donors (Lipinski definition) is 2. The number of nitrogens with zero attached hydrogens (tertiary/aromatic N) is 4. The molecule has 8 nitrogen and oxygen atoms in total. The lowest BCUT2D eigenvalue weighted by molar-refractivity contribution is 0.0203. The van der Waals surface area contributed by atoms with Gasteiger partial charge in [0.15, 0.2) is 11.8 Å². The van der Waals surface area contributed by atoms with Gasteiger partial charge in [0.1, 0.15) is 12.4 Å². The first kappa shape index (κ1) is 23.8. The zero-order chi connectivity index (χ0) is 18.6. The number of hydrogen-bond acceptors (Lipinski definition) is 5. The lowest BCUT2D eigenvalue weighted by atomic mass is 10.0. The summed E-state index contributed by atoms with van der Waals surface area (Å²) in [5.74, 6) is 3.11. The molecular formula is C18H33IN6O2. The van der Waals surface area contributed by atoms with Gasteiger partial charge in [-0.3, -0.25) is 0 Å². The van der Waals surface area contributed by atoms with Gasteiger partial charge in [-0.15, -0.1) is 40.8 Å². The fraction of sp³-hybridized carbons (Fsp3) is 0.722. The maximum atomic E-state index is 5.79. The summed E-state index contributed by atoms with van der Waals surface area (Å²) >= 11 is 0. The average molecular weight is 492 g/mol. The molecule has 1 saturated heterocycles. The molecule has 27 heavy (non-hydrogen) atoms. The molecule has 9 heteroatoms. The van der Waals surface area contributed by atoms with Crippen molar-refractivity contribution in [3.05, 3.63) is 24.3 Å². The first-order chi connectivity index (χ1) is 12.7. The van der Waals surface area contributed by atoms with Gasteiger partial charge >= 0.3 is 0 Å². The number of guanidine groups is 1. The fourth-order valence-corrected chi connectivity index (χ4v) is 2.63. The van der Waals surface area contributed by atoms with Crippen molar-refractivity contribution in [2.45, 2.75) is 32.7 Å². The van der Waals surface area contributed by atoms with E-state index in [4.69, 9.17) is 9.47 Å². The Labute approximate surface area is 179 Å². The molecule has 1 aromatic heterocycles. The number of nitrogens with one attached hydrogen (secondary N) is 2. The standard InChI is InChI=1S/C18H32N6O2.HI/c1-4-8-19-18(21-13-17-23-22-15(2)24(17)3)20-9-5-10-26-14-16-6-11-25-12-7-16;/h4,16H,1,5-14H2,2-3H3,(H2,19,20,21);1H. The molecule has 2 N–H and O–H groups in total. The number of aliphatic imine (C=N–C) groups is 1. The molecule has 0 radical (unpaired) electrons. The molecule has 0 aliphatic carbocycles. The monoisotopic (exact) mass is 492 g/mol. The van der Waals surface area contributed by atoms with E-state index in [0.717, 1.165) is 69.8 Å². The fourth-order valence-electron chi connectivity index (χ4n) is 2.63. The molecule has 1 aromatic rings. The molecular weight excluding hydrogens is 459 g/mol. The second-order valence-corrected chi connectivity index (χ2v) is 6.47. The van der Waals surface area contributed by atoms with Gasteiger partial charge in [-0.25, -0.2) is 4.99 Å². The molecule has 0 amide bonds. The van der Waals surface area contributed by atoms with Crippen molar-refractivity contribution < 1.29 is 9.47 Å². The van der Waals surface area contributed by atoms with Crippen LogP contribution in [0.1, 0.15) is 30.9 Å². The first-order valence-electron chi connectivity index (χ1n) is 9.34. The summed E-state index contributed by atoms with van der Waals surface area (Å²) in [6.45, 7) is 10.9. The Morgan fingerprint density at radius 3 is 2.81 bits per heavy atom. The Balaban J connectivity index is 0.00000364. The minimum Gasteiger partial charge on any atom is -0.381 e. The van der Waals surface area contributed by atoms with Crippen LogP contribution in [0.2, 0.25) is 0 Å². The topological polar surface area (TPSA) is 85.6 Å². The molecule has 0 aromatic carbocycles. The Kier molecular flexibility index (Phi) is 12.3. The lowest BCUT2D eigenvalue weighted by Crippen LogP contribution is -2.38. The van der Waals surface area contributed by atoms with Crippen molar-refractivity contribution >= 4 is 29.9 Å². The summed E-state index contributed by atoms with van der Waals surface area (Å²) in [5, 5.41) is 14.7. The zero-order valence-corrected chi connectivity index (χ0v) is 18.8. The van der Waals surface area contributed by atoms with Crippen LogP contribution in [0.3, 0.4) is 0 Å². The van der Waals surface area contributed by atoms with E-state index in [9.17, 15) is 0 Å². The van der Waals surface area contributed by atoms with E-state index < -0.39 is 0 Å². The highest BCUT2D eigenvalue weighted by Crippen LogP contribution is 2.14. The van der Waals surface area contributed by atoms with Crippen molar-refractivity contribution in [3.63, 3.8) is 0 Å². The largest absolute Gasteiger partial charge is 0.381 e. The summed E-state index contributed by atoms with van der Waals surface area (Å²) in [7, 11) is 1.94. The van der Waals surface area contributed by atoms with Crippen LogP contribution in [0.5, 0.6) is 0 Å². The minimum absolute atomic E-state index is 0. The molecule has 0 atom stereocenters. The summed E-state index contributed by atoms with van der Waals surface area (Å²) in [5.41, 5.74) is 0. The average Bonchev–Trinajstić information content (AvgIpc) is 2.99. The highest BCUT2D eigenvalue weighted by molar-refractivity contribution is 14.0. The number of aromatic nitrogens is 3. The van der Waals surface area contributed by atoms with Crippen LogP contribution in [0, 0.1) is 12.8 Å². The first-order valence-corrected chi connectivity index (χ1v) is 9.34. The Hall–Kier alpha value is -1.20. The smallest absolute Gasteiger partial charge is 0.191 e.